The van der Waals surface area contributed by atoms with Gasteiger partial charge in [-0.25, -0.2) is 0 Å². The Morgan fingerprint density at radius 2 is 1.78 bits per heavy atom. The number of ether oxygens (including phenoxy) is 1. The van der Waals surface area contributed by atoms with Crippen LogP contribution in [0.5, 0.6) is 0 Å². The summed E-state index contributed by atoms with van der Waals surface area (Å²) in [5, 5.41) is 2.67. The number of para-hydroxylation sites is 1. The summed E-state index contributed by atoms with van der Waals surface area (Å²) in [7, 11) is 1.63. The van der Waals surface area contributed by atoms with E-state index in [4.69, 9.17) is 4.74 Å². The Bertz CT molecular complexity index is 805. The number of hydrogen-bond acceptors (Lipinski definition) is 4. The predicted octanol–water partition coefficient (Wildman–Crippen LogP) is 2.71. The first-order valence-corrected chi connectivity index (χ1v) is 8.75. The highest BCUT2D eigenvalue weighted by Gasteiger charge is 2.22. The van der Waals surface area contributed by atoms with Crippen molar-refractivity contribution in [1.82, 2.24) is 5.32 Å². The lowest BCUT2D eigenvalue weighted by atomic mass is 10.1. The van der Waals surface area contributed by atoms with Gasteiger partial charge >= 0.3 is 5.97 Å². The van der Waals surface area contributed by atoms with E-state index < -0.39 is 12.1 Å². The fourth-order valence-corrected chi connectivity index (χ4v) is 2.52. The minimum Gasteiger partial charge on any atom is -0.452 e. The third-order valence-corrected chi connectivity index (χ3v) is 4.03. The zero-order valence-electron chi connectivity index (χ0n) is 15.8. The summed E-state index contributed by atoms with van der Waals surface area (Å²) in [5.41, 5.74) is 2.24. The zero-order valence-corrected chi connectivity index (χ0v) is 15.8. The summed E-state index contributed by atoms with van der Waals surface area (Å²) in [6.07, 6.45) is -0.917. The minimum absolute atomic E-state index is 0.00970. The van der Waals surface area contributed by atoms with Gasteiger partial charge in [-0.2, -0.15) is 0 Å². The molecule has 1 atom stereocenters. The molecule has 0 heterocycles. The number of esters is 1. The van der Waals surface area contributed by atoms with E-state index in [1.807, 2.05) is 31.2 Å². The Kier molecular flexibility index (Phi) is 7.11. The van der Waals surface area contributed by atoms with E-state index in [0.717, 1.165) is 11.3 Å². The molecule has 1 N–H and O–H groups in total. The van der Waals surface area contributed by atoms with Gasteiger partial charge in [0, 0.05) is 24.8 Å². The van der Waals surface area contributed by atoms with E-state index in [-0.39, 0.29) is 24.8 Å². The molecule has 0 saturated carbocycles. The SMILES string of the molecule is Cc1cccc(C(=O)NCCC(=O)OC(C)C(=O)N(C)c2ccccc2)c1. The van der Waals surface area contributed by atoms with Gasteiger partial charge in [-0.3, -0.25) is 14.4 Å². The number of hydrogen-bond donors (Lipinski definition) is 1. The molecule has 0 aliphatic carbocycles. The van der Waals surface area contributed by atoms with Crippen LogP contribution in [0.1, 0.15) is 29.3 Å². The molecule has 0 spiro atoms. The lowest BCUT2D eigenvalue weighted by Crippen LogP contribution is -2.38. The summed E-state index contributed by atoms with van der Waals surface area (Å²) in [6.45, 7) is 3.57. The number of likely N-dealkylation sites (N-methyl/N-ethyl adjacent to an activating group) is 1. The Morgan fingerprint density at radius 3 is 2.44 bits per heavy atom. The Labute approximate surface area is 159 Å². The van der Waals surface area contributed by atoms with Crippen molar-refractivity contribution in [2.75, 3.05) is 18.5 Å². The molecule has 2 rings (SSSR count). The van der Waals surface area contributed by atoms with Crippen LogP contribution < -0.4 is 10.2 Å². The molecule has 0 bridgehead atoms. The van der Waals surface area contributed by atoms with E-state index >= 15 is 0 Å². The number of rotatable bonds is 7. The largest absolute Gasteiger partial charge is 0.452 e. The maximum atomic E-state index is 12.4. The van der Waals surface area contributed by atoms with Gasteiger partial charge in [0.05, 0.1) is 6.42 Å². The standard InChI is InChI=1S/C21H24N2O4/c1-15-8-7-9-17(14-15)20(25)22-13-12-19(24)27-16(2)21(26)23(3)18-10-5-4-6-11-18/h4-11,14,16H,12-13H2,1-3H3,(H,22,25). The van der Waals surface area contributed by atoms with E-state index in [9.17, 15) is 14.4 Å². The number of benzene rings is 2. The maximum absolute atomic E-state index is 12.4. The molecule has 2 aromatic rings. The summed E-state index contributed by atoms with van der Waals surface area (Å²) in [6, 6.07) is 16.3. The third kappa shape index (κ3) is 5.95. The van der Waals surface area contributed by atoms with Gasteiger partial charge in [0.15, 0.2) is 6.10 Å². The molecule has 0 radical (unpaired) electrons. The fourth-order valence-electron chi connectivity index (χ4n) is 2.52. The molecule has 6 heteroatoms. The lowest BCUT2D eigenvalue weighted by Gasteiger charge is -2.21. The molecule has 2 aromatic carbocycles. The second kappa shape index (κ2) is 9.52. The highest BCUT2D eigenvalue weighted by Crippen LogP contribution is 2.13. The minimum atomic E-state index is -0.907. The second-order valence-electron chi connectivity index (χ2n) is 6.24. The normalized spacial score (nSPS) is 11.4. The summed E-state index contributed by atoms with van der Waals surface area (Å²) in [5.74, 6) is -1.11. The first-order chi connectivity index (χ1) is 12.9. The fraction of sp³-hybridized carbons (Fsp3) is 0.286. The van der Waals surface area contributed by atoms with Crippen molar-refractivity contribution in [2.24, 2.45) is 0 Å². The van der Waals surface area contributed by atoms with Gasteiger partial charge in [0.2, 0.25) is 0 Å². The molecule has 27 heavy (non-hydrogen) atoms. The van der Waals surface area contributed by atoms with Gasteiger partial charge in [0.25, 0.3) is 11.8 Å². The van der Waals surface area contributed by atoms with Crippen LogP contribution in [-0.4, -0.2) is 37.5 Å². The smallest absolute Gasteiger partial charge is 0.308 e. The van der Waals surface area contributed by atoms with Crippen LogP contribution in [0, 0.1) is 6.92 Å². The molecule has 1 unspecified atom stereocenters. The molecule has 0 aliphatic rings. The predicted molar refractivity (Wildman–Crippen MR) is 104 cm³/mol. The van der Waals surface area contributed by atoms with E-state index in [2.05, 4.69) is 5.32 Å². The van der Waals surface area contributed by atoms with Crippen LogP contribution in [-0.2, 0) is 14.3 Å². The highest BCUT2D eigenvalue weighted by molar-refractivity contribution is 5.97. The highest BCUT2D eigenvalue weighted by atomic mass is 16.5. The Morgan fingerprint density at radius 1 is 1.07 bits per heavy atom. The van der Waals surface area contributed by atoms with E-state index in [1.54, 1.807) is 37.4 Å². The van der Waals surface area contributed by atoms with E-state index in [0.29, 0.717) is 5.56 Å². The van der Waals surface area contributed by atoms with Crippen molar-refractivity contribution in [3.05, 3.63) is 65.7 Å². The van der Waals surface area contributed by atoms with Crippen LogP contribution in [0.4, 0.5) is 5.69 Å². The number of anilines is 1. The summed E-state index contributed by atoms with van der Waals surface area (Å²) in [4.78, 5) is 37.8. The number of carbonyl (C=O) groups is 3. The van der Waals surface area contributed by atoms with Gasteiger partial charge in [0.1, 0.15) is 0 Å². The number of amides is 2. The maximum Gasteiger partial charge on any atom is 0.308 e. The summed E-state index contributed by atoms with van der Waals surface area (Å²) < 4.78 is 5.18. The molecule has 0 saturated heterocycles. The second-order valence-corrected chi connectivity index (χ2v) is 6.24. The van der Waals surface area contributed by atoms with Gasteiger partial charge < -0.3 is 15.0 Å². The topological polar surface area (TPSA) is 75.7 Å². The number of carbonyl (C=O) groups excluding carboxylic acids is 3. The monoisotopic (exact) mass is 368 g/mol. The van der Waals surface area contributed by atoms with Crippen LogP contribution in [0.15, 0.2) is 54.6 Å². The van der Waals surface area contributed by atoms with Crippen LogP contribution >= 0.6 is 0 Å². The van der Waals surface area contributed by atoms with Crippen molar-refractivity contribution in [1.29, 1.82) is 0 Å². The quantitative estimate of drug-likeness (QED) is 0.763. The van der Waals surface area contributed by atoms with Crippen molar-refractivity contribution >= 4 is 23.5 Å². The number of aryl methyl sites for hydroxylation is 1. The summed E-state index contributed by atoms with van der Waals surface area (Å²) >= 11 is 0. The van der Waals surface area contributed by atoms with Crippen molar-refractivity contribution in [2.45, 2.75) is 26.4 Å². The molecular weight excluding hydrogens is 344 g/mol. The number of nitrogens with one attached hydrogen (secondary N) is 1. The first-order valence-electron chi connectivity index (χ1n) is 8.75. The van der Waals surface area contributed by atoms with Crippen molar-refractivity contribution < 1.29 is 19.1 Å². The first kappa shape index (κ1) is 20.2. The van der Waals surface area contributed by atoms with Crippen LogP contribution in [0.25, 0.3) is 0 Å². The molecule has 0 fully saturated rings. The van der Waals surface area contributed by atoms with Gasteiger partial charge in [-0.1, -0.05) is 35.9 Å². The van der Waals surface area contributed by atoms with Crippen molar-refractivity contribution in [3.8, 4) is 0 Å². The third-order valence-electron chi connectivity index (χ3n) is 4.03. The molecule has 0 aromatic heterocycles. The average Bonchev–Trinajstić information content (AvgIpc) is 2.67. The molecule has 6 nitrogen and oxygen atoms in total. The van der Waals surface area contributed by atoms with Gasteiger partial charge in [-0.05, 0) is 38.1 Å². The molecule has 2 amide bonds. The van der Waals surface area contributed by atoms with E-state index in [1.165, 1.54) is 11.8 Å². The lowest BCUT2D eigenvalue weighted by molar-refractivity contribution is -0.153. The van der Waals surface area contributed by atoms with Crippen molar-refractivity contribution in [3.63, 3.8) is 0 Å². The van der Waals surface area contributed by atoms with Gasteiger partial charge in [-0.15, -0.1) is 0 Å². The zero-order chi connectivity index (χ0) is 19.8. The number of nitrogens with zero attached hydrogens (tertiary/aromatic N) is 1. The van der Waals surface area contributed by atoms with Crippen LogP contribution in [0.2, 0.25) is 0 Å². The van der Waals surface area contributed by atoms with Crippen LogP contribution in [0.3, 0.4) is 0 Å². The molecular formula is C21H24N2O4. The molecule has 142 valence electrons. The Balaban J connectivity index is 1.78. The molecule has 0 aliphatic heterocycles. The average molecular weight is 368 g/mol. The Hall–Kier alpha value is -3.15.